The molecule has 0 bridgehead atoms. The molecule has 2 saturated heterocycles. The second-order valence-electron chi connectivity index (χ2n) is 4.92. The largest absolute Gasteiger partial charge is 0.376 e. The summed E-state index contributed by atoms with van der Waals surface area (Å²) in [5, 5.41) is 1.75. The van der Waals surface area contributed by atoms with Gasteiger partial charge in [0.2, 0.25) is 5.91 Å². The molecule has 2 aliphatic heterocycles. The molecule has 2 aliphatic rings. The monoisotopic (exact) mass is 344 g/mol. The van der Waals surface area contributed by atoms with Crippen LogP contribution in [0.1, 0.15) is 12.8 Å². The van der Waals surface area contributed by atoms with Crippen LogP contribution in [-0.2, 0) is 9.53 Å². The summed E-state index contributed by atoms with van der Waals surface area (Å²) in [4.78, 5) is 18.2. The Kier molecular flexibility index (Phi) is 4.74. The van der Waals surface area contributed by atoms with E-state index in [4.69, 9.17) is 27.9 Å². The Morgan fingerprint density at radius 1 is 1.43 bits per heavy atom. The van der Waals surface area contributed by atoms with Crippen molar-refractivity contribution in [3.63, 3.8) is 0 Å². The van der Waals surface area contributed by atoms with E-state index in [1.165, 1.54) is 11.8 Å². The van der Waals surface area contributed by atoms with Gasteiger partial charge in [0.1, 0.15) is 0 Å². The Labute approximate surface area is 137 Å². The minimum Gasteiger partial charge on any atom is -0.376 e. The number of carbonyl (C=O) groups excluding carboxylic acids is 1. The van der Waals surface area contributed by atoms with Gasteiger partial charge >= 0.3 is 0 Å². The molecule has 3 rings (SSSR count). The summed E-state index contributed by atoms with van der Waals surface area (Å²) in [6.07, 6.45) is 2.14. The highest BCUT2D eigenvalue weighted by Crippen LogP contribution is 2.31. The lowest BCUT2D eigenvalue weighted by Gasteiger charge is -2.19. The Morgan fingerprint density at radius 3 is 3.05 bits per heavy atom. The molecule has 0 aliphatic carbocycles. The summed E-state index contributed by atoms with van der Waals surface area (Å²) in [6.45, 7) is 1.33. The first-order valence-corrected chi connectivity index (χ1v) is 8.46. The van der Waals surface area contributed by atoms with Crippen LogP contribution >= 0.6 is 35.0 Å². The minimum absolute atomic E-state index is 0.0624. The van der Waals surface area contributed by atoms with Crippen LogP contribution in [0.2, 0.25) is 10.0 Å². The van der Waals surface area contributed by atoms with Crippen LogP contribution in [0.15, 0.2) is 23.2 Å². The maximum absolute atomic E-state index is 12.0. The zero-order chi connectivity index (χ0) is 14.8. The third kappa shape index (κ3) is 3.54. The summed E-state index contributed by atoms with van der Waals surface area (Å²) in [5.41, 5.74) is 0.582. The van der Waals surface area contributed by atoms with Crippen LogP contribution in [0.25, 0.3) is 0 Å². The van der Waals surface area contributed by atoms with Crippen molar-refractivity contribution in [1.82, 2.24) is 4.90 Å². The van der Waals surface area contributed by atoms with Gasteiger partial charge in [0.15, 0.2) is 5.17 Å². The Hall–Kier alpha value is -0.750. The van der Waals surface area contributed by atoms with E-state index in [1.807, 2.05) is 0 Å². The van der Waals surface area contributed by atoms with Gasteiger partial charge in [-0.2, -0.15) is 0 Å². The van der Waals surface area contributed by atoms with E-state index >= 15 is 0 Å². The number of carbonyl (C=O) groups is 1. The van der Waals surface area contributed by atoms with E-state index in [0.29, 0.717) is 33.2 Å². The van der Waals surface area contributed by atoms with Gasteiger partial charge in [0.05, 0.1) is 29.1 Å². The van der Waals surface area contributed by atoms with Crippen molar-refractivity contribution in [2.24, 2.45) is 4.99 Å². The molecule has 21 heavy (non-hydrogen) atoms. The van der Waals surface area contributed by atoms with Crippen molar-refractivity contribution in [3.8, 4) is 0 Å². The number of rotatable bonds is 3. The molecule has 4 nitrogen and oxygen atoms in total. The van der Waals surface area contributed by atoms with E-state index in [9.17, 15) is 4.79 Å². The number of aliphatic imine (C=N–C) groups is 1. The molecule has 1 atom stereocenters. The highest BCUT2D eigenvalue weighted by molar-refractivity contribution is 8.15. The summed E-state index contributed by atoms with van der Waals surface area (Å²) >= 11 is 13.5. The summed E-state index contributed by atoms with van der Waals surface area (Å²) in [7, 11) is 0. The maximum atomic E-state index is 12.0. The number of nitrogens with zero attached hydrogens (tertiary/aromatic N) is 2. The topological polar surface area (TPSA) is 41.9 Å². The molecule has 1 aromatic rings. The van der Waals surface area contributed by atoms with Crippen molar-refractivity contribution in [1.29, 1.82) is 0 Å². The molecule has 0 radical (unpaired) electrons. The van der Waals surface area contributed by atoms with Gasteiger partial charge in [0, 0.05) is 11.6 Å². The van der Waals surface area contributed by atoms with E-state index in [1.54, 1.807) is 23.1 Å². The molecule has 0 spiro atoms. The van der Waals surface area contributed by atoms with Crippen LogP contribution in [0.3, 0.4) is 0 Å². The lowest BCUT2D eigenvalue weighted by molar-refractivity contribution is -0.125. The van der Waals surface area contributed by atoms with Crippen LogP contribution < -0.4 is 0 Å². The number of ether oxygens (including phenoxy) is 1. The molecule has 112 valence electrons. The molecule has 0 saturated carbocycles. The van der Waals surface area contributed by atoms with Crippen molar-refractivity contribution in [2.75, 3.05) is 18.9 Å². The molecular weight excluding hydrogens is 331 g/mol. The van der Waals surface area contributed by atoms with E-state index < -0.39 is 0 Å². The summed E-state index contributed by atoms with van der Waals surface area (Å²) < 4.78 is 5.60. The highest BCUT2D eigenvalue weighted by atomic mass is 35.5. The Balaban J connectivity index is 1.83. The molecule has 1 unspecified atom stereocenters. The van der Waals surface area contributed by atoms with Crippen molar-refractivity contribution >= 4 is 51.7 Å². The third-order valence-corrected chi connectivity index (χ3v) is 4.91. The first-order valence-electron chi connectivity index (χ1n) is 6.72. The average molecular weight is 345 g/mol. The maximum Gasteiger partial charge on any atom is 0.239 e. The number of hydrogen-bond acceptors (Lipinski definition) is 4. The van der Waals surface area contributed by atoms with E-state index in [2.05, 4.69) is 4.99 Å². The fourth-order valence-corrected chi connectivity index (χ4v) is 3.56. The highest BCUT2D eigenvalue weighted by Gasteiger charge is 2.31. The van der Waals surface area contributed by atoms with E-state index in [0.717, 1.165) is 19.4 Å². The first kappa shape index (κ1) is 15.2. The number of hydrogen-bond donors (Lipinski definition) is 0. The summed E-state index contributed by atoms with van der Waals surface area (Å²) in [5.74, 6) is 0.469. The second-order valence-corrected chi connectivity index (χ2v) is 6.70. The van der Waals surface area contributed by atoms with Crippen LogP contribution in [0.5, 0.6) is 0 Å². The standard InChI is InChI=1S/C14H14Cl2N2O2S/c15-9-3-4-11(16)12(6-9)17-14-18(13(19)8-21-14)7-10-2-1-5-20-10/h3-4,6,10H,1-2,5,7-8H2. The molecule has 7 heteroatoms. The van der Waals surface area contributed by atoms with Gasteiger partial charge < -0.3 is 4.74 Å². The minimum atomic E-state index is 0.0624. The predicted octanol–water partition coefficient (Wildman–Crippen LogP) is 3.74. The second kappa shape index (κ2) is 6.57. The van der Waals surface area contributed by atoms with Gasteiger partial charge in [-0.3, -0.25) is 9.69 Å². The molecule has 1 aromatic carbocycles. The Morgan fingerprint density at radius 2 is 2.29 bits per heavy atom. The zero-order valence-corrected chi connectivity index (χ0v) is 13.5. The molecular formula is C14H14Cl2N2O2S. The fraction of sp³-hybridized carbons (Fsp3) is 0.429. The molecule has 0 N–H and O–H groups in total. The fourth-order valence-electron chi connectivity index (χ4n) is 2.33. The van der Waals surface area contributed by atoms with Gasteiger partial charge in [-0.25, -0.2) is 4.99 Å². The average Bonchev–Trinajstić information content (AvgIpc) is 3.08. The lowest BCUT2D eigenvalue weighted by atomic mass is 10.2. The van der Waals surface area contributed by atoms with Crippen molar-refractivity contribution < 1.29 is 9.53 Å². The van der Waals surface area contributed by atoms with Gasteiger partial charge in [-0.1, -0.05) is 35.0 Å². The molecule has 1 amide bonds. The normalized spacial score (nSPS) is 24.3. The van der Waals surface area contributed by atoms with Crippen LogP contribution in [0, 0.1) is 0 Å². The van der Waals surface area contributed by atoms with Crippen LogP contribution in [0.4, 0.5) is 5.69 Å². The smallest absolute Gasteiger partial charge is 0.239 e. The van der Waals surface area contributed by atoms with Crippen molar-refractivity contribution in [3.05, 3.63) is 28.2 Å². The predicted molar refractivity (Wildman–Crippen MR) is 86.7 cm³/mol. The molecule has 2 heterocycles. The zero-order valence-electron chi connectivity index (χ0n) is 11.2. The lowest BCUT2D eigenvalue weighted by Crippen LogP contribution is -2.36. The number of benzene rings is 1. The molecule has 2 fully saturated rings. The third-order valence-electron chi connectivity index (χ3n) is 3.39. The Bertz CT molecular complexity index is 588. The number of thioether (sulfide) groups is 1. The first-order chi connectivity index (χ1) is 10.1. The quantitative estimate of drug-likeness (QED) is 0.838. The van der Waals surface area contributed by atoms with E-state index in [-0.39, 0.29) is 12.0 Å². The van der Waals surface area contributed by atoms with Gasteiger partial charge in [-0.15, -0.1) is 0 Å². The van der Waals surface area contributed by atoms with Crippen molar-refractivity contribution in [2.45, 2.75) is 18.9 Å². The SMILES string of the molecule is O=C1CSC(=Nc2cc(Cl)ccc2Cl)N1CC1CCCO1. The molecule has 0 aromatic heterocycles. The number of halogens is 2. The van der Waals surface area contributed by atoms with Gasteiger partial charge in [0.25, 0.3) is 0 Å². The number of amides is 1. The van der Waals surface area contributed by atoms with Gasteiger partial charge in [-0.05, 0) is 31.0 Å². The van der Waals surface area contributed by atoms with Crippen LogP contribution in [-0.4, -0.2) is 41.0 Å². The summed E-state index contributed by atoms with van der Waals surface area (Å²) in [6, 6.07) is 5.12. The number of amidine groups is 1.